The first-order valence-corrected chi connectivity index (χ1v) is 9.67. The zero-order valence-electron chi connectivity index (χ0n) is 14.0. The van der Waals surface area contributed by atoms with Crippen LogP contribution >= 0.6 is 0 Å². The van der Waals surface area contributed by atoms with E-state index in [-0.39, 0.29) is 29.3 Å². The van der Waals surface area contributed by atoms with Gasteiger partial charge in [0.25, 0.3) is 5.91 Å². The average Bonchev–Trinajstić information content (AvgIpc) is 3.10. The fourth-order valence-corrected chi connectivity index (χ4v) is 4.44. The van der Waals surface area contributed by atoms with Crippen LogP contribution in [-0.2, 0) is 19.4 Å². The number of ether oxygens (including phenoxy) is 1. The minimum absolute atomic E-state index is 0.0433. The van der Waals surface area contributed by atoms with Crippen molar-refractivity contribution in [3.8, 4) is 0 Å². The van der Waals surface area contributed by atoms with Crippen molar-refractivity contribution in [3.05, 3.63) is 17.5 Å². The highest BCUT2D eigenvalue weighted by Gasteiger charge is 2.36. The summed E-state index contributed by atoms with van der Waals surface area (Å²) in [6.45, 7) is 4.97. The molecule has 1 aliphatic heterocycles. The molecule has 2 heterocycles. The monoisotopic (exact) mass is 358 g/mol. The van der Waals surface area contributed by atoms with Crippen LogP contribution in [0.15, 0.2) is 10.6 Å². The quantitative estimate of drug-likeness (QED) is 0.697. The largest absolute Gasteiger partial charge is 0.450 e. The summed E-state index contributed by atoms with van der Waals surface area (Å²) in [5.74, 6) is -1.21. The molecule has 2 atom stereocenters. The fourth-order valence-electron chi connectivity index (χ4n) is 2.73. The summed E-state index contributed by atoms with van der Waals surface area (Å²) in [4.78, 5) is 25.8. The first-order valence-electron chi connectivity index (χ1n) is 7.85. The Morgan fingerprint density at radius 3 is 2.71 bits per heavy atom. The Morgan fingerprint density at radius 2 is 2.21 bits per heavy atom. The van der Waals surface area contributed by atoms with Gasteiger partial charge < -0.3 is 14.2 Å². The third kappa shape index (κ3) is 4.34. The van der Waals surface area contributed by atoms with Crippen LogP contribution in [0, 0.1) is 6.92 Å². The molecule has 1 amide bonds. The number of carbonyl (C=O) groups is 2. The van der Waals surface area contributed by atoms with E-state index in [9.17, 15) is 18.0 Å². The van der Waals surface area contributed by atoms with Crippen LogP contribution in [-0.4, -0.2) is 60.5 Å². The molecule has 8 nitrogen and oxygen atoms in total. The minimum atomic E-state index is -3.11. The standard InChI is InChI=1S/C15H22N2O6S/c1-4-11(3)17(12-5-6-24(20,21)9-12)14(18)8-22-15(19)13-7-10(2)16-23-13/h7,11-12H,4-6,8-9H2,1-3H3/t11-,12-/m1/s1. The van der Waals surface area contributed by atoms with Crippen molar-refractivity contribution >= 4 is 21.7 Å². The van der Waals surface area contributed by atoms with Crippen molar-refractivity contribution in [2.75, 3.05) is 18.1 Å². The predicted molar refractivity (Wildman–Crippen MR) is 85.2 cm³/mol. The molecule has 0 unspecified atom stereocenters. The molecule has 0 aliphatic carbocycles. The summed E-state index contributed by atoms with van der Waals surface area (Å²) in [5, 5.41) is 3.58. The van der Waals surface area contributed by atoms with Crippen molar-refractivity contribution in [2.45, 2.75) is 45.7 Å². The molecule has 1 aromatic rings. The first kappa shape index (κ1) is 18.4. The number of hydrogen-bond donors (Lipinski definition) is 0. The van der Waals surface area contributed by atoms with Crippen LogP contribution in [0.25, 0.3) is 0 Å². The highest BCUT2D eigenvalue weighted by atomic mass is 32.2. The lowest BCUT2D eigenvalue weighted by Crippen LogP contribution is -2.48. The second-order valence-corrected chi connectivity index (χ2v) is 8.25. The summed E-state index contributed by atoms with van der Waals surface area (Å²) in [5.41, 5.74) is 0.533. The average molecular weight is 358 g/mol. The maximum atomic E-state index is 12.5. The van der Waals surface area contributed by atoms with Gasteiger partial charge in [0, 0.05) is 18.2 Å². The van der Waals surface area contributed by atoms with Gasteiger partial charge in [-0.15, -0.1) is 0 Å². The number of amides is 1. The molecule has 1 saturated heterocycles. The number of aromatic nitrogens is 1. The maximum absolute atomic E-state index is 12.5. The molecule has 0 aromatic carbocycles. The Hall–Kier alpha value is -1.90. The summed E-state index contributed by atoms with van der Waals surface area (Å²) >= 11 is 0. The highest BCUT2D eigenvalue weighted by molar-refractivity contribution is 7.91. The molecule has 0 saturated carbocycles. The maximum Gasteiger partial charge on any atom is 0.377 e. The van der Waals surface area contributed by atoms with Gasteiger partial charge in [-0.3, -0.25) is 4.79 Å². The van der Waals surface area contributed by atoms with Crippen molar-refractivity contribution in [3.63, 3.8) is 0 Å². The summed E-state index contributed by atoms with van der Waals surface area (Å²) < 4.78 is 33.1. The van der Waals surface area contributed by atoms with E-state index in [4.69, 9.17) is 9.26 Å². The van der Waals surface area contributed by atoms with E-state index in [2.05, 4.69) is 5.16 Å². The molecule has 9 heteroatoms. The molecular weight excluding hydrogens is 336 g/mol. The van der Waals surface area contributed by atoms with E-state index < -0.39 is 28.3 Å². The summed E-state index contributed by atoms with van der Waals surface area (Å²) in [6, 6.07) is 0.911. The van der Waals surface area contributed by atoms with Crippen LogP contribution in [0.5, 0.6) is 0 Å². The highest BCUT2D eigenvalue weighted by Crippen LogP contribution is 2.21. The summed E-state index contributed by atoms with van der Waals surface area (Å²) in [7, 11) is -3.11. The smallest absolute Gasteiger partial charge is 0.377 e. The Balaban J connectivity index is 2.01. The molecule has 1 aliphatic rings. The van der Waals surface area contributed by atoms with Gasteiger partial charge in [0.2, 0.25) is 5.76 Å². The van der Waals surface area contributed by atoms with Gasteiger partial charge in [0.05, 0.1) is 17.2 Å². The van der Waals surface area contributed by atoms with Gasteiger partial charge in [-0.2, -0.15) is 0 Å². The van der Waals surface area contributed by atoms with E-state index in [0.717, 1.165) is 0 Å². The van der Waals surface area contributed by atoms with Crippen LogP contribution in [0.4, 0.5) is 0 Å². The van der Waals surface area contributed by atoms with Crippen molar-refractivity contribution in [1.82, 2.24) is 10.1 Å². The lowest BCUT2D eigenvalue weighted by molar-refractivity contribution is -0.138. The molecule has 2 rings (SSSR count). The molecular formula is C15H22N2O6S. The summed E-state index contributed by atoms with van der Waals surface area (Å²) in [6.07, 6.45) is 1.09. The molecule has 134 valence electrons. The van der Waals surface area contributed by atoms with Crippen molar-refractivity contribution in [2.24, 2.45) is 0 Å². The Kier molecular flexibility index (Phi) is 5.63. The second-order valence-electron chi connectivity index (χ2n) is 6.02. The van der Waals surface area contributed by atoms with E-state index in [1.165, 1.54) is 11.0 Å². The molecule has 0 radical (unpaired) electrons. The number of carbonyl (C=O) groups excluding carboxylic acids is 2. The van der Waals surface area contributed by atoms with Gasteiger partial charge >= 0.3 is 5.97 Å². The Bertz CT molecular complexity index is 711. The Morgan fingerprint density at radius 1 is 1.50 bits per heavy atom. The normalized spacial score (nSPS) is 20.5. The Labute approximate surface area is 141 Å². The number of sulfone groups is 1. The lowest BCUT2D eigenvalue weighted by Gasteiger charge is -2.33. The third-order valence-electron chi connectivity index (χ3n) is 4.11. The van der Waals surface area contributed by atoms with Gasteiger partial charge in [0.15, 0.2) is 16.4 Å². The van der Waals surface area contributed by atoms with Crippen molar-refractivity contribution in [1.29, 1.82) is 0 Å². The molecule has 0 bridgehead atoms. The lowest BCUT2D eigenvalue weighted by atomic mass is 10.1. The predicted octanol–water partition coefficient (Wildman–Crippen LogP) is 0.954. The molecule has 0 N–H and O–H groups in total. The van der Waals surface area contributed by atoms with E-state index in [1.807, 2.05) is 13.8 Å². The van der Waals surface area contributed by atoms with Gasteiger partial charge in [-0.05, 0) is 26.7 Å². The molecule has 1 fully saturated rings. The van der Waals surface area contributed by atoms with Crippen LogP contribution < -0.4 is 0 Å². The number of aryl methyl sites for hydroxylation is 1. The van der Waals surface area contributed by atoms with Crippen LogP contribution in [0.2, 0.25) is 0 Å². The number of rotatable bonds is 6. The zero-order valence-corrected chi connectivity index (χ0v) is 14.8. The number of hydrogen-bond acceptors (Lipinski definition) is 7. The van der Waals surface area contributed by atoms with Gasteiger partial charge in [0.1, 0.15) is 0 Å². The minimum Gasteiger partial charge on any atom is -0.450 e. The molecule has 0 spiro atoms. The zero-order chi connectivity index (χ0) is 17.9. The van der Waals surface area contributed by atoms with E-state index in [0.29, 0.717) is 18.5 Å². The molecule has 24 heavy (non-hydrogen) atoms. The van der Waals surface area contributed by atoms with Gasteiger partial charge in [-0.25, -0.2) is 13.2 Å². The SMILES string of the molecule is CC[C@@H](C)N(C(=O)COC(=O)c1cc(C)no1)[C@@H]1CCS(=O)(=O)C1. The van der Waals surface area contributed by atoms with Gasteiger partial charge in [-0.1, -0.05) is 12.1 Å². The number of nitrogens with zero attached hydrogens (tertiary/aromatic N) is 2. The third-order valence-corrected chi connectivity index (χ3v) is 5.86. The second kappa shape index (κ2) is 7.33. The topological polar surface area (TPSA) is 107 Å². The van der Waals surface area contributed by atoms with E-state index >= 15 is 0 Å². The van der Waals surface area contributed by atoms with Crippen molar-refractivity contribution < 1.29 is 27.3 Å². The number of esters is 1. The van der Waals surface area contributed by atoms with Crippen LogP contribution in [0.3, 0.4) is 0 Å². The van der Waals surface area contributed by atoms with Crippen LogP contribution in [0.1, 0.15) is 42.9 Å². The molecule has 1 aromatic heterocycles. The fraction of sp³-hybridized carbons (Fsp3) is 0.667. The first-order chi connectivity index (χ1) is 11.2. The van der Waals surface area contributed by atoms with E-state index in [1.54, 1.807) is 6.92 Å².